The van der Waals surface area contributed by atoms with Crippen molar-refractivity contribution in [3.8, 4) is 5.00 Å². The van der Waals surface area contributed by atoms with Gasteiger partial charge in [0.1, 0.15) is 11.3 Å². The molecule has 7 heteroatoms. The van der Waals surface area contributed by atoms with E-state index in [9.17, 15) is 4.79 Å². The van der Waals surface area contributed by atoms with Crippen LogP contribution in [-0.2, 0) is 12.8 Å². The number of carbonyl (C=O) groups excluding carboxylic acids is 1. The lowest BCUT2D eigenvalue weighted by Gasteiger charge is -2.23. The number of nitrogens with zero attached hydrogens (tertiary/aromatic N) is 4. The zero-order valence-electron chi connectivity index (χ0n) is 13.1. The number of tetrazole rings is 1. The minimum absolute atomic E-state index is 0.0572. The molecule has 0 spiro atoms. The molecule has 2 aliphatic rings. The lowest BCUT2D eigenvalue weighted by atomic mass is 9.93. The number of nitrogens with one attached hydrogen (secondary N) is 1. The highest BCUT2D eigenvalue weighted by atomic mass is 32.1. The van der Waals surface area contributed by atoms with Gasteiger partial charge in [-0.3, -0.25) is 4.79 Å². The van der Waals surface area contributed by atoms with E-state index in [4.69, 9.17) is 0 Å². The summed E-state index contributed by atoms with van der Waals surface area (Å²) in [5.74, 6) is 0.0572. The summed E-state index contributed by atoms with van der Waals surface area (Å²) in [6, 6.07) is 0.317. The Morgan fingerprint density at radius 2 is 2.00 bits per heavy atom. The van der Waals surface area contributed by atoms with Crippen molar-refractivity contribution in [2.45, 2.75) is 63.8 Å². The van der Waals surface area contributed by atoms with Gasteiger partial charge in [-0.15, -0.1) is 16.4 Å². The van der Waals surface area contributed by atoms with Crippen molar-refractivity contribution in [3.05, 3.63) is 22.3 Å². The largest absolute Gasteiger partial charge is 0.349 e. The highest BCUT2D eigenvalue weighted by molar-refractivity contribution is 7.15. The summed E-state index contributed by atoms with van der Waals surface area (Å²) in [5, 5.41) is 15.6. The number of amides is 1. The number of carbonyl (C=O) groups is 1. The van der Waals surface area contributed by atoms with E-state index in [1.54, 1.807) is 22.3 Å². The van der Waals surface area contributed by atoms with Gasteiger partial charge in [-0.25, -0.2) is 0 Å². The fraction of sp³-hybridized carbons (Fsp3) is 0.625. The minimum Gasteiger partial charge on any atom is -0.349 e. The maximum atomic E-state index is 13.0. The smallest absolute Gasteiger partial charge is 0.254 e. The average molecular weight is 331 g/mol. The molecule has 0 radical (unpaired) electrons. The zero-order chi connectivity index (χ0) is 15.6. The van der Waals surface area contributed by atoms with E-state index < -0.39 is 0 Å². The fourth-order valence-electron chi connectivity index (χ4n) is 3.71. The molecule has 1 amide bonds. The second kappa shape index (κ2) is 6.39. The van der Waals surface area contributed by atoms with Gasteiger partial charge >= 0.3 is 0 Å². The van der Waals surface area contributed by atoms with Crippen molar-refractivity contribution in [1.82, 2.24) is 25.5 Å². The van der Waals surface area contributed by atoms with E-state index in [-0.39, 0.29) is 5.91 Å². The Morgan fingerprint density at radius 1 is 1.17 bits per heavy atom. The van der Waals surface area contributed by atoms with Crippen LogP contribution in [0.4, 0.5) is 0 Å². The van der Waals surface area contributed by atoms with Gasteiger partial charge in [0.25, 0.3) is 5.91 Å². The van der Waals surface area contributed by atoms with Gasteiger partial charge in [-0.2, -0.15) is 4.68 Å². The summed E-state index contributed by atoms with van der Waals surface area (Å²) in [6.45, 7) is 0. The molecule has 0 unspecified atom stereocenters. The molecule has 6 nitrogen and oxygen atoms in total. The van der Waals surface area contributed by atoms with Gasteiger partial charge in [0.15, 0.2) is 0 Å². The van der Waals surface area contributed by atoms with E-state index in [1.165, 1.54) is 36.1 Å². The molecule has 23 heavy (non-hydrogen) atoms. The second-order valence-electron chi connectivity index (χ2n) is 6.45. The molecule has 1 N–H and O–H groups in total. The third-order valence-corrected chi connectivity index (χ3v) is 6.16. The van der Waals surface area contributed by atoms with Crippen LogP contribution in [0.3, 0.4) is 0 Å². The first-order valence-corrected chi connectivity index (χ1v) is 9.33. The van der Waals surface area contributed by atoms with Crippen LogP contribution in [0.2, 0.25) is 0 Å². The molecule has 2 heterocycles. The topological polar surface area (TPSA) is 72.7 Å². The number of fused-ring (bicyclic) bond motifs is 1. The molecule has 2 aliphatic carbocycles. The Balaban J connectivity index is 1.67. The Hall–Kier alpha value is -1.76. The van der Waals surface area contributed by atoms with Crippen molar-refractivity contribution in [1.29, 1.82) is 0 Å². The highest BCUT2D eigenvalue weighted by Gasteiger charge is 2.28. The number of rotatable bonds is 3. The quantitative estimate of drug-likeness (QED) is 0.938. The maximum absolute atomic E-state index is 13.0. The Labute approximate surface area is 139 Å². The van der Waals surface area contributed by atoms with Crippen LogP contribution in [0.5, 0.6) is 0 Å². The predicted octanol–water partition coefficient (Wildman–Crippen LogP) is 2.67. The zero-order valence-corrected chi connectivity index (χ0v) is 13.9. The molecule has 0 bridgehead atoms. The maximum Gasteiger partial charge on any atom is 0.254 e. The second-order valence-corrected chi connectivity index (χ2v) is 7.54. The molecule has 2 aromatic heterocycles. The van der Waals surface area contributed by atoms with Crippen LogP contribution in [0.1, 0.15) is 65.7 Å². The molecular formula is C16H21N5OS. The normalized spacial score (nSPS) is 18.6. The number of aromatic nitrogens is 4. The molecule has 0 aliphatic heterocycles. The fourth-order valence-corrected chi connectivity index (χ4v) is 5.01. The third-order valence-electron chi connectivity index (χ3n) is 4.88. The Bertz CT molecular complexity index is 688. The summed E-state index contributed by atoms with van der Waals surface area (Å²) in [4.78, 5) is 14.3. The summed E-state index contributed by atoms with van der Waals surface area (Å²) in [5.41, 5.74) is 2.03. The molecule has 0 atom stereocenters. The minimum atomic E-state index is 0.0572. The molecule has 122 valence electrons. The van der Waals surface area contributed by atoms with E-state index in [1.807, 2.05) is 0 Å². The molecule has 0 saturated heterocycles. The van der Waals surface area contributed by atoms with E-state index in [2.05, 4.69) is 20.8 Å². The predicted molar refractivity (Wildman–Crippen MR) is 88.0 cm³/mol. The SMILES string of the molecule is O=C(NC1CCCCC1)c1c(-n2cnnn2)sc2c1CCCC2. The molecule has 1 fully saturated rings. The molecule has 0 aromatic carbocycles. The first kappa shape index (κ1) is 14.8. The van der Waals surface area contributed by atoms with Crippen LogP contribution in [0.15, 0.2) is 6.33 Å². The van der Waals surface area contributed by atoms with E-state index in [0.29, 0.717) is 6.04 Å². The van der Waals surface area contributed by atoms with Crippen LogP contribution < -0.4 is 5.32 Å². The van der Waals surface area contributed by atoms with E-state index >= 15 is 0 Å². The molecule has 4 rings (SSSR count). The highest BCUT2D eigenvalue weighted by Crippen LogP contribution is 2.36. The van der Waals surface area contributed by atoms with Gasteiger partial charge in [0.05, 0.1) is 5.56 Å². The van der Waals surface area contributed by atoms with Crippen LogP contribution in [0, 0.1) is 0 Å². The van der Waals surface area contributed by atoms with Crippen molar-refractivity contribution >= 4 is 17.2 Å². The number of aryl methyl sites for hydroxylation is 1. The van der Waals surface area contributed by atoms with Gasteiger partial charge in [0.2, 0.25) is 0 Å². The average Bonchev–Trinajstić information content (AvgIpc) is 3.23. The van der Waals surface area contributed by atoms with Crippen LogP contribution >= 0.6 is 11.3 Å². The summed E-state index contributed by atoms with van der Waals surface area (Å²) < 4.78 is 1.64. The summed E-state index contributed by atoms with van der Waals surface area (Å²) >= 11 is 1.67. The lowest BCUT2D eigenvalue weighted by molar-refractivity contribution is 0.0927. The van der Waals surface area contributed by atoms with Gasteiger partial charge in [0, 0.05) is 10.9 Å². The molecule has 2 aromatic rings. The van der Waals surface area contributed by atoms with Crippen LogP contribution in [0.25, 0.3) is 5.00 Å². The first-order chi connectivity index (χ1) is 11.3. The molecule has 1 saturated carbocycles. The summed E-state index contributed by atoms with van der Waals surface area (Å²) in [6.07, 6.45) is 11.9. The molecular weight excluding hydrogens is 310 g/mol. The van der Waals surface area contributed by atoms with Crippen molar-refractivity contribution in [3.63, 3.8) is 0 Å². The van der Waals surface area contributed by atoms with E-state index in [0.717, 1.165) is 42.7 Å². The monoisotopic (exact) mass is 331 g/mol. The summed E-state index contributed by atoms with van der Waals surface area (Å²) in [7, 11) is 0. The van der Waals surface area contributed by atoms with Crippen molar-refractivity contribution in [2.24, 2.45) is 0 Å². The van der Waals surface area contributed by atoms with Gasteiger partial charge < -0.3 is 5.32 Å². The first-order valence-electron chi connectivity index (χ1n) is 8.51. The Morgan fingerprint density at radius 3 is 2.78 bits per heavy atom. The standard InChI is InChI=1S/C16H21N5OS/c22-15(18-11-6-2-1-3-7-11)14-12-8-4-5-9-13(12)23-16(14)21-10-17-19-20-21/h10-11H,1-9H2,(H,18,22). The Kier molecular flexibility index (Phi) is 4.11. The third kappa shape index (κ3) is 2.89. The van der Waals surface area contributed by atoms with Gasteiger partial charge in [-0.05, 0) is 54.5 Å². The number of hydrogen-bond donors (Lipinski definition) is 1. The van der Waals surface area contributed by atoms with Crippen molar-refractivity contribution < 1.29 is 4.79 Å². The lowest BCUT2D eigenvalue weighted by Crippen LogP contribution is -2.37. The van der Waals surface area contributed by atoms with Crippen LogP contribution in [-0.4, -0.2) is 32.2 Å². The van der Waals surface area contributed by atoms with Crippen molar-refractivity contribution in [2.75, 3.05) is 0 Å². The van der Waals surface area contributed by atoms with Gasteiger partial charge in [-0.1, -0.05) is 19.3 Å². The number of thiophene rings is 1. The number of hydrogen-bond acceptors (Lipinski definition) is 5.